The minimum absolute atomic E-state index is 0.0362. The Balaban J connectivity index is 2.04. The van der Waals surface area contributed by atoms with Gasteiger partial charge in [-0.2, -0.15) is 0 Å². The molecule has 0 saturated heterocycles. The first-order valence-corrected chi connectivity index (χ1v) is 7.14. The summed E-state index contributed by atoms with van der Waals surface area (Å²) < 4.78 is 1.61. The van der Waals surface area contributed by atoms with Gasteiger partial charge in [0.2, 0.25) is 0 Å². The molecule has 0 aliphatic heterocycles. The Kier molecular flexibility index (Phi) is 3.23. The standard InChI is InChI=1S/C14H14N4OS/c1-9-3-5-18(12(19)7-9)8-11-16-13(15-2)10-4-6-20-14(10)17-11/h3-7H,8H2,1-2H3,(H,15,16,17). The van der Waals surface area contributed by atoms with E-state index in [1.54, 1.807) is 28.2 Å². The highest BCUT2D eigenvalue weighted by Crippen LogP contribution is 2.24. The Labute approximate surface area is 119 Å². The van der Waals surface area contributed by atoms with Crippen molar-refractivity contribution >= 4 is 27.4 Å². The van der Waals surface area contributed by atoms with E-state index in [4.69, 9.17) is 0 Å². The van der Waals surface area contributed by atoms with E-state index in [9.17, 15) is 4.79 Å². The molecule has 0 aliphatic rings. The van der Waals surface area contributed by atoms with Gasteiger partial charge in [0, 0.05) is 19.3 Å². The first-order chi connectivity index (χ1) is 9.67. The number of fused-ring (bicyclic) bond motifs is 1. The zero-order valence-electron chi connectivity index (χ0n) is 11.3. The van der Waals surface area contributed by atoms with Crippen LogP contribution in [-0.4, -0.2) is 21.6 Å². The van der Waals surface area contributed by atoms with Gasteiger partial charge < -0.3 is 9.88 Å². The van der Waals surface area contributed by atoms with Crippen molar-refractivity contribution in [2.24, 2.45) is 0 Å². The van der Waals surface area contributed by atoms with Crippen molar-refractivity contribution < 1.29 is 0 Å². The Bertz CT molecular complexity index is 821. The van der Waals surface area contributed by atoms with Crippen LogP contribution in [0.3, 0.4) is 0 Å². The number of hydrogen-bond acceptors (Lipinski definition) is 5. The summed E-state index contributed by atoms with van der Waals surface area (Å²) in [7, 11) is 1.83. The molecule has 3 heterocycles. The number of nitrogens with zero attached hydrogens (tertiary/aromatic N) is 3. The fourth-order valence-corrected chi connectivity index (χ4v) is 2.83. The number of aromatic nitrogens is 3. The number of thiophene rings is 1. The van der Waals surface area contributed by atoms with Crippen molar-refractivity contribution in [2.45, 2.75) is 13.5 Å². The van der Waals surface area contributed by atoms with Gasteiger partial charge in [0.25, 0.3) is 5.56 Å². The van der Waals surface area contributed by atoms with Crippen LogP contribution >= 0.6 is 11.3 Å². The SMILES string of the molecule is CNc1nc(Cn2ccc(C)cc2=O)nc2sccc12. The van der Waals surface area contributed by atoms with Gasteiger partial charge in [-0.15, -0.1) is 11.3 Å². The van der Waals surface area contributed by atoms with E-state index >= 15 is 0 Å². The fourth-order valence-electron chi connectivity index (χ4n) is 2.05. The molecule has 0 radical (unpaired) electrons. The summed E-state index contributed by atoms with van der Waals surface area (Å²) in [5.74, 6) is 1.43. The van der Waals surface area contributed by atoms with Crippen molar-refractivity contribution in [1.29, 1.82) is 0 Å². The summed E-state index contributed by atoms with van der Waals surface area (Å²) in [5.41, 5.74) is 0.919. The normalized spacial score (nSPS) is 10.9. The van der Waals surface area contributed by atoms with E-state index in [2.05, 4.69) is 15.3 Å². The van der Waals surface area contributed by atoms with Crippen molar-refractivity contribution in [1.82, 2.24) is 14.5 Å². The molecule has 0 unspecified atom stereocenters. The van der Waals surface area contributed by atoms with Gasteiger partial charge in [0.1, 0.15) is 10.6 Å². The second-order valence-electron chi connectivity index (χ2n) is 4.55. The molecule has 1 N–H and O–H groups in total. The van der Waals surface area contributed by atoms with Crippen LogP contribution in [0.5, 0.6) is 0 Å². The Morgan fingerprint density at radius 3 is 2.95 bits per heavy atom. The van der Waals surface area contributed by atoms with Crippen LogP contribution in [-0.2, 0) is 6.54 Å². The molecule has 0 aromatic carbocycles. The number of aryl methyl sites for hydroxylation is 1. The molecule has 3 rings (SSSR count). The minimum atomic E-state index is -0.0362. The number of rotatable bonds is 3. The third-order valence-corrected chi connectivity index (χ3v) is 3.88. The second-order valence-corrected chi connectivity index (χ2v) is 5.44. The van der Waals surface area contributed by atoms with Crippen LogP contribution in [0, 0.1) is 6.92 Å². The summed E-state index contributed by atoms with van der Waals surface area (Å²) in [4.78, 5) is 21.8. The molecule has 20 heavy (non-hydrogen) atoms. The van der Waals surface area contributed by atoms with Crippen LogP contribution in [0.15, 0.2) is 34.6 Å². The Morgan fingerprint density at radius 1 is 1.35 bits per heavy atom. The van der Waals surface area contributed by atoms with Gasteiger partial charge in [-0.25, -0.2) is 9.97 Å². The first-order valence-electron chi connectivity index (χ1n) is 6.26. The summed E-state index contributed by atoms with van der Waals surface area (Å²) in [5, 5.41) is 6.07. The van der Waals surface area contributed by atoms with E-state index in [1.807, 2.05) is 31.5 Å². The smallest absolute Gasteiger partial charge is 0.251 e. The van der Waals surface area contributed by atoms with Gasteiger partial charge in [0.15, 0.2) is 5.82 Å². The van der Waals surface area contributed by atoms with Gasteiger partial charge in [-0.3, -0.25) is 4.79 Å². The van der Waals surface area contributed by atoms with Crippen LogP contribution in [0.1, 0.15) is 11.4 Å². The quantitative estimate of drug-likeness (QED) is 0.802. The van der Waals surface area contributed by atoms with E-state index in [0.29, 0.717) is 12.4 Å². The lowest BCUT2D eigenvalue weighted by Gasteiger charge is -2.07. The van der Waals surface area contributed by atoms with Crippen LogP contribution < -0.4 is 10.9 Å². The number of nitrogens with one attached hydrogen (secondary N) is 1. The maximum atomic E-state index is 11.9. The Hall–Kier alpha value is -2.21. The lowest BCUT2D eigenvalue weighted by atomic mass is 10.3. The summed E-state index contributed by atoms with van der Waals surface area (Å²) in [6, 6.07) is 5.51. The van der Waals surface area contributed by atoms with Gasteiger partial charge >= 0.3 is 0 Å². The number of pyridine rings is 1. The zero-order valence-corrected chi connectivity index (χ0v) is 12.1. The lowest BCUT2D eigenvalue weighted by molar-refractivity contribution is 0.718. The molecular formula is C14H14N4OS. The first kappa shape index (κ1) is 12.8. The molecule has 0 aliphatic carbocycles. The lowest BCUT2D eigenvalue weighted by Crippen LogP contribution is -2.20. The van der Waals surface area contributed by atoms with Crippen molar-refractivity contribution in [3.8, 4) is 0 Å². The third kappa shape index (κ3) is 2.30. The van der Waals surface area contributed by atoms with Crippen molar-refractivity contribution in [3.05, 3.63) is 51.5 Å². The molecule has 0 bridgehead atoms. The van der Waals surface area contributed by atoms with E-state index in [1.165, 1.54) is 0 Å². The average molecular weight is 286 g/mol. The van der Waals surface area contributed by atoms with Gasteiger partial charge in [0.05, 0.1) is 11.9 Å². The van der Waals surface area contributed by atoms with Crippen LogP contribution in [0.25, 0.3) is 10.2 Å². The van der Waals surface area contributed by atoms with E-state index in [-0.39, 0.29) is 5.56 Å². The molecule has 3 aromatic heterocycles. The molecule has 0 atom stereocenters. The van der Waals surface area contributed by atoms with Crippen LogP contribution in [0.2, 0.25) is 0 Å². The van der Waals surface area contributed by atoms with E-state index in [0.717, 1.165) is 21.6 Å². The molecule has 0 fully saturated rings. The van der Waals surface area contributed by atoms with Gasteiger partial charge in [-0.05, 0) is 30.0 Å². The minimum Gasteiger partial charge on any atom is -0.372 e. The largest absolute Gasteiger partial charge is 0.372 e. The fraction of sp³-hybridized carbons (Fsp3) is 0.214. The molecule has 0 spiro atoms. The summed E-state index contributed by atoms with van der Waals surface area (Å²) in [6.45, 7) is 2.28. The van der Waals surface area contributed by atoms with Crippen molar-refractivity contribution in [2.75, 3.05) is 12.4 Å². The highest BCUT2D eigenvalue weighted by molar-refractivity contribution is 7.16. The highest BCUT2D eigenvalue weighted by atomic mass is 32.1. The summed E-state index contributed by atoms with van der Waals surface area (Å²) in [6.07, 6.45) is 1.78. The molecular weight excluding hydrogens is 272 g/mol. The molecule has 3 aromatic rings. The number of hydrogen-bond donors (Lipinski definition) is 1. The van der Waals surface area contributed by atoms with E-state index < -0.39 is 0 Å². The van der Waals surface area contributed by atoms with Crippen LogP contribution in [0.4, 0.5) is 5.82 Å². The molecule has 102 valence electrons. The predicted octanol–water partition coefficient (Wildman–Crippen LogP) is 2.25. The third-order valence-electron chi connectivity index (χ3n) is 3.07. The molecule has 0 saturated carbocycles. The van der Waals surface area contributed by atoms with Gasteiger partial charge in [-0.1, -0.05) is 0 Å². The van der Waals surface area contributed by atoms with Crippen molar-refractivity contribution in [3.63, 3.8) is 0 Å². The molecule has 6 heteroatoms. The second kappa shape index (κ2) is 5.05. The molecule has 5 nitrogen and oxygen atoms in total. The Morgan fingerprint density at radius 2 is 2.20 bits per heavy atom. The topological polar surface area (TPSA) is 59.8 Å². The number of anilines is 1. The monoisotopic (exact) mass is 286 g/mol. The summed E-state index contributed by atoms with van der Waals surface area (Å²) >= 11 is 1.57. The maximum Gasteiger partial charge on any atom is 0.251 e. The predicted molar refractivity (Wildman–Crippen MR) is 81.5 cm³/mol. The zero-order chi connectivity index (χ0) is 14.1. The average Bonchev–Trinajstić information content (AvgIpc) is 2.89. The molecule has 0 amide bonds. The highest BCUT2D eigenvalue weighted by Gasteiger charge is 2.08. The maximum absolute atomic E-state index is 11.9.